The average molecular weight is 375 g/mol. The lowest BCUT2D eigenvalue weighted by Gasteiger charge is -2.05. The fourth-order valence-corrected chi connectivity index (χ4v) is 2.42. The van der Waals surface area contributed by atoms with Gasteiger partial charge in [-0.15, -0.1) is 0 Å². The zero-order chi connectivity index (χ0) is 20.1. The molecule has 3 rings (SSSR count). The predicted molar refractivity (Wildman–Crippen MR) is 101 cm³/mol. The Kier molecular flexibility index (Phi) is 5.18. The van der Waals surface area contributed by atoms with Gasteiger partial charge in [0.05, 0.1) is 10.6 Å². The number of para-hydroxylation sites is 2. The van der Waals surface area contributed by atoms with Crippen LogP contribution in [0.2, 0.25) is 0 Å². The van der Waals surface area contributed by atoms with E-state index in [9.17, 15) is 25.3 Å². The monoisotopic (exact) mass is 375 g/mol. The van der Waals surface area contributed by atoms with Crippen molar-refractivity contribution in [2.45, 2.75) is 0 Å². The van der Waals surface area contributed by atoms with Crippen LogP contribution in [0.1, 0.15) is 5.76 Å². The van der Waals surface area contributed by atoms with Crippen molar-refractivity contribution in [3.05, 3.63) is 82.1 Å². The summed E-state index contributed by atoms with van der Waals surface area (Å²) in [5.74, 6) is -0.254. The van der Waals surface area contributed by atoms with Crippen molar-refractivity contribution in [1.82, 2.24) is 0 Å². The maximum Gasteiger partial charge on any atom is 0.270 e. The second-order valence-corrected chi connectivity index (χ2v) is 5.65. The molecule has 138 valence electrons. The molecule has 28 heavy (non-hydrogen) atoms. The Morgan fingerprint density at radius 3 is 2.68 bits per heavy atom. The molecule has 0 unspecified atom stereocenters. The maximum atomic E-state index is 12.3. The number of nitrogens with one attached hydrogen (secondary N) is 1. The molecule has 1 heterocycles. The van der Waals surface area contributed by atoms with E-state index in [1.165, 1.54) is 36.4 Å². The van der Waals surface area contributed by atoms with Gasteiger partial charge >= 0.3 is 0 Å². The topological polar surface area (TPSA) is 129 Å². The van der Waals surface area contributed by atoms with Crippen LogP contribution in [0.3, 0.4) is 0 Å². The van der Waals surface area contributed by atoms with Gasteiger partial charge < -0.3 is 14.8 Å². The van der Waals surface area contributed by atoms with Crippen LogP contribution in [0, 0.1) is 21.4 Å². The fraction of sp³-hybridized carbons (Fsp3) is 0. The number of phenolic OH excluding ortho intramolecular Hbond substituents is 1. The third-order valence-electron chi connectivity index (χ3n) is 3.77. The van der Waals surface area contributed by atoms with Crippen LogP contribution in [0.4, 0.5) is 11.4 Å². The van der Waals surface area contributed by atoms with Crippen LogP contribution in [0.15, 0.2) is 70.7 Å². The van der Waals surface area contributed by atoms with E-state index in [2.05, 4.69) is 5.32 Å². The highest BCUT2D eigenvalue weighted by molar-refractivity contribution is 6.10. The van der Waals surface area contributed by atoms with E-state index in [1.807, 2.05) is 0 Å². The molecule has 0 fully saturated rings. The molecule has 2 N–H and O–H groups in total. The number of non-ortho nitro benzene ring substituents is 1. The number of nitro benzene ring substituents is 1. The van der Waals surface area contributed by atoms with Gasteiger partial charge in [-0.3, -0.25) is 14.9 Å². The minimum absolute atomic E-state index is 0.0780. The quantitative estimate of drug-likeness (QED) is 0.227. The molecule has 0 radical (unpaired) electrons. The number of anilines is 1. The zero-order valence-electron chi connectivity index (χ0n) is 14.3. The molecule has 0 aliphatic rings. The number of nitriles is 1. The summed E-state index contributed by atoms with van der Waals surface area (Å²) < 4.78 is 5.58. The molecule has 0 aliphatic heterocycles. The van der Waals surface area contributed by atoms with Gasteiger partial charge in [-0.25, -0.2) is 0 Å². The van der Waals surface area contributed by atoms with E-state index in [-0.39, 0.29) is 28.5 Å². The Balaban J connectivity index is 1.83. The molecule has 8 heteroatoms. The van der Waals surface area contributed by atoms with Crippen LogP contribution in [-0.2, 0) is 4.79 Å². The number of carbonyl (C=O) groups is 1. The second kappa shape index (κ2) is 7.88. The number of rotatable bonds is 5. The lowest BCUT2D eigenvalue weighted by molar-refractivity contribution is -0.384. The Morgan fingerprint density at radius 1 is 1.18 bits per heavy atom. The van der Waals surface area contributed by atoms with Crippen molar-refractivity contribution < 1.29 is 19.2 Å². The highest BCUT2D eigenvalue weighted by Gasteiger charge is 2.14. The molecule has 0 aliphatic carbocycles. The van der Waals surface area contributed by atoms with Gasteiger partial charge in [-0.2, -0.15) is 5.26 Å². The van der Waals surface area contributed by atoms with E-state index in [0.717, 1.165) is 0 Å². The summed E-state index contributed by atoms with van der Waals surface area (Å²) in [5.41, 5.74) is 0.352. The van der Waals surface area contributed by atoms with Crippen molar-refractivity contribution >= 4 is 23.4 Å². The van der Waals surface area contributed by atoms with Gasteiger partial charge in [-0.05, 0) is 24.3 Å². The van der Waals surface area contributed by atoms with Crippen molar-refractivity contribution in [2.24, 2.45) is 0 Å². The molecule has 8 nitrogen and oxygen atoms in total. The van der Waals surface area contributed by atoms with Gasteiger partial charge in [0, 0.05) is 23.8 Å². The zero-order valence-corrected chi connectivity index (χ0v) is 14.3. The number of aromatic hydroxyl groups is 1. The SMILES string of the molecule is N#C/C(=C/c1ccc(-c2cccc([N+](=O)[O-])c2)o1)C(=O)Nc1ccccc1O. The summed E-state index contributed by atoms with van der Waals surface area (Å²) in [6.45, 7) is 0. The first-order valence-corrected chi connectivity index (χ1v) is 8.04. The van der Waals surface area contributed by atoms with Crippen LogP contribution in [0.25, 0.3) is 17.4 Å². The van der Waals surface area contributed by atoms with Gasteiger partial charge in [0.1, 0.15) is 28.9 Å². The lowest BCUT2D eigenvalue weighted by Crippen LogP contribution is -2.13. The number of hydrogen-bond acceptors (Lipinski definition) is 6. The summed E-state index contributed by atoms with van der Waals surface area (Å²) >= 11 is 0. The molecule has 1 aromatic heterocycles. The Bertz CT molecular complexity index is 1120. The number of carbonyl (C=O) groups excluding carboxylic acids is 1. The minimum Gasteiger partial charge on any atom is -0.506 e. The molecule has 3 aromatic rings. The van der Waals surface area contributed by atoms with Crippen LogP contribution in [-0.4, -0.2) is 15.9 Å². The molecule has 0 atom stereocenters. The summed E-state index contributed by atoms with van der Waals surface area (Å²) in [6.07, 6.45) is 1.25. The van der Waals surface area contributed by atoms with Crippen LogP contribution < -0.4 is 5.32 Å². The van der Waals surface area contributed by atoms with E-state index < -0.39 is 10.8 Å². The van der Waals surface area contributed by atoms with Crippen LogP contribution in [0.5, 0.6) is 5.75 Å². The first kappa shape index (κ1) is 18.4. The van der Waals surface area contributed by atoms with Crippen molar-refractivity contribution in [2.75, 3.05) is 5.32 Å². The number of hydrogen-bond donors (Lipinski definition) is 2. The molecule has 2 aromatic carbocycles. The third kappa shape index (κ3) is 4.05. The Morgan fingerprint density at radius 2 is 1.96 bits per heavy atom. The summed E-state index contributed by atoms with van der Waals surface area (Å²) in [6, 6.07) is 16.9. The first-order valence-electron chi connectivity index (χ1n) is 8.04. The minimum atomic E-state index is -0.711. The number of furan rings is 1. The number of phenols is 1. The van der Waals surface area contributed by atoms with Gasteiger partial charge in [0.2, 0.25) is 0 Å². The van der Waals surface area contributed by atoms with Crippen LogP contribution >= 0.6 is 0 Å². The molecule has 1 amide bonds. The number of amides is 1. The molecule has 0 saturated heterocycles. The fourth-order valence-electron chi connectivity index (χ4n) is 2.42. The highest BCUT2D eigenvalue weighted by atomic mass is 16.6. The van der Waals surface area contributed by atoms with E-state index in [0.29, 0.717) is 11.3 Å². The molecular weight excluding hydrogens is 362 g/mol. The first-order chi connectivity index (χ1) is 13.5. The largest absolute Gasteiger partial charge is 0.506 e. The molecule has 0 saturated carbocycles. The predicted octanol–water partition coefficient (Wildman–Crippen LogP) is 4.11. The summed E-state index contributed by atoms with van der Waals surface area (Å²) in [4.78, 5) is 22.6. The Hall–Kier alpha value is -4.38. The van der Waals surface area contributed by atoms with E-state index >= 15 is 0 Å². The summed E-state index contributed by atoms with van der Waals surface area (Å²) in [5, 5.41) is 32.3. The molecular formula is C20H13N3O5. The number of benzene rings is 2. The highest BCUT2D eigenvalue weighted by Crippen LogP contribution is 2.27. The second-order valence-electron chi connectivity index (χ2n) is 5.65. The normalized spacial score (nSPS) is 10.9. The lowest BCUT2D eigenvalue weighted by atomic mass is 10.1. The third-order valence-corrected chi connectivity index (χ3v) is 3.77. The van der Waals surface area contributed by atoms with Crippen molar-refractivity contribution in [3.63, 3.8) is 0 Å². The smallest absolute Gasteiger partial charge is 0.270 e. The molecule has 0 spiro atoms. The van der Waals surface area contributed by atoms with Gasteiger partial charge in [0.25, 0.3) is 11.6 Å². The van der Waals surface area contributed by atoms with Crippen molar-refractivity contribution in [3.8, 4) is 23.1 Å². The maximum absolute atomic E-state index is 12.3. The Labute approximate surface area is 159 Å². The van der Waals surface area contributed by atoms with Gasteiger partial charge in [0.15, 0.2) is 0 Å². The van der Waals surface area contributed by atoms with E-state index in [1.54, 1.807) is 36.4 Å². The van der Waals surface area contributed by atoms with Gasteiger partial charge in [-0.1, -0.05) is 24.3 Å². The molecule has 0 bridgehead atoms. The van der Waals surface area contributed by atoms with Crippen molar-refractivity contribution in [1.29, 1.82) is 5.26 Å². The van der Waals surface area contributed by atoms with E-state index in [4.69, 9.17) is 4.42 Å². The standard InChI is InChI=1S/C20H13N3O5/c21-12-14(20(25)22-17-6-1-2-7-18(17)24)11-16-8-9-19(28-16)13-4-3-5-15(10-13)23(26)27/h1-11,24H,(H,22,25)/b14-11-. The number of nitro groups is 1. The number of nitrogens with zero attached hydrogens (tertiary/aromatic N) is 2. The summed E-state index contributed by atoms with van der Waals surface area (Å²) in [7, 11) is 0. The average Bonchev–Trinajstić information content (AvgIpc) is 3.16.